The van der Waals surface area contributed by atoms with Crippen molar-refractivity contribution in [1.82, 2.24) is 56.5 Å². The topological polar surface area (TPSA) is 401 Å². The van der Waals surface area contributed by atoms with Crippen LogP contribution in [0.15, 0.2) is 75.3 Å². The lowest BCUT2D eigenvalue weighted by molar-refractivity contribution is -0.166. The molecule has 11 N–H and O–H groups in total. The highest BCUT2D eigenvalue weighted by Crippen LogP contribution is 2.44. The number of phenols is 1. The SMILES string of the molecule is C=C(NC(=O)c1csc(-c2cc3c(cc2O)-c2nc(cs2)C(=O)NC(C(C)O)C(=O)NC(=C(C)OC)c2nc(cs2)C(=O)NC2c4nc(cs4)C(=O)NC(COC(=O)c4[nH]c5cccc6c5c4COC2C(O)C(=O)OC6)c2nc-3cs2)n1)C(N)=O. The van der Waals surface area contributed by atoms with E-state index in [4.69, 9.17) is 29.7 Å². The standard InChI is InChI=1S/C53H44N12O15S5/c1-18(41(54)69)55-42(70)29-14-82-48(60-29)24-8-22-23(9-33(24)67)47-59-31(15-81-47)44(72)63-35(19(2)66)46(74)64-36(20(3)77-4)50-61-32(17-84-50)45(73)65-38-40-39(68)53(76)79-10-21-6-5-7-26-34(21)25(11-78-40)37(56-26)52(75)80-12-27(49-58-28(22)13-83-49)57-43(71)30-16-85-51(38)62-30/h5-9,13-17,19,27,35,38-40,56,66-68H,1,10-12H2,2-4H3,(H2,54,69)(H,55,70)(H,57,71)(H,63,72)(H,64,74)(H,65,73). The molecule has 8 aromatic rings. The molecule has 0 radical (unpaired) electrons. The number of nitrogens with two attached hydrogens (primary N) is 1. The molecule has 6 unspecified atom stereocenters. The Balaban J connectivity index is 1.08. The first-order valence-electron chi connectivity index (χ1n) is 25.1. The Morgan fingerprint density at radius 2 is 1.46 bits per heavy atom. The number of amides is 6. The molecule has 0 saturated carbocycles. The number of aliphatic hydroxyl groups is 2. The first-order valence-corrected chi connectivity index (χ1v) is 29.5. The normalized spacial score (nSPS) is 20.3. The number of hydrogen-bond donors (Lipinski definition) is 10. The zero-order valence-corrected chi connectivity index (χ0v) is 48.2. The van der Waals surface area contributed by atoms with E-state index in [0.717, 1.165) is 56.7 Å². The van der Waals surface area contributed by atoms with Gasteiger partial charge >= 0.3 is 11.9 Å². The summed E-state index contributed by atoms with van der Waals surface area (Å²) in [6.45, 7) is 4.82. The summed E-state index contributed by atoms with van der Waals surface area (Å²) in [5.74, 6) is -7.72. The van der Waals surface area contributed by atoms with Gasteiger partial charge in [0.1, 0.15) is 108 Å². The molecule has 0 aliphatic carbocycles. The number of nitrogens with one attached hydrogen (secondary N) is 6. The summed E-state index contributed by atoms with van der Waals surface area (Å²) in [6, 6.07) is 3.40. The number of aliphatic hydroxyl groups excluding tert-OH is 2. The van der Waals surface area contributed by atoms with Gasteiger partial charge in [-0.2, -0.15) is 0 Å². The third-order valence-electron chi connectivity index (χ3n) is 13.5. The van der Waals surface area contributed by atoms with Crippen molar-refractivity contribution in [3.8, 4) is 38.1 Å². The van der Waals surface area contributed by atoms with Crippen LogP contribution in [0.4, 0.5) is 0 Å². The molecule has 6 atom stereocenters. The van der Waals surface area contributed by atoms with E-state index < -0.39 is 97.0 Å². The number of aromatic hydroxyl groups is 1. The van der Waals surface area contributed by atoms with Crippen LogP contribution in [0.5, 0.6) is 5.75 Å². The van der Waals surface area contributed by atoms with Crippen molar-refractivity contribution in [1.29, 1.82) is 0 Å². The summed E-state index contributed by atoms with van der Waals surface area (Å²) in [5.41, 5.74) is 5.70. The fraction of sp³-hybridized carbons (Fsp3) is 0.226. The van der Waals surface area contributed by atoms with Crippen molar-refractivity contribution in [2.45, 2.75) is 63.5 Å². The fourth-order valence-electron chi connectivity index (χ4n) is 9.12. The van der Waals surface area contributed by atoms with Crippen molar-refractivity contribution < 1.29 is 72.6 Å². The second-order valence-electron chi connectivity index (χ2n) is 19.0. The summed E-state index contributed by atoms with van der Waals surface area (Å²) < 4.78 is 23.6. The van der Waals surface area contributed by atoms with Crippen LogP contribution in [0.2, 0.25) is 0 Å². The minimum atomic E-state index is -2.13. The van der Waals surface area contributed by atoms with Gasteiger partial charge in [0.25, 0.3) is 29.5 Å². The number of ether oxygens (including phenoxy) is 4. The van der Waals surface area contributed by atoms with Gasteiger partial charge in [0.15, 0.2) is 6.10 Å². The second kappa shape index (κ2) is 23.5. The largest absolute Gasteiger partial charge is 0.507 e. The monoisotopic (exact) mass is 1250 g/mol. The van der Waals surface area contributed by atoms with E-state index in [9.17, 15) is 53.7 Å². The third-order valence-corrected chi connectivity index (χ3v) is 18.0. The number of cyclic esters (lactones) is 2. The van der Waals surface area contributed by atoms with E-state index in [-0.39, 0.29) is 111 Å². The maximum Gasteiger partial charge on any atom is 0.355 e. The Hall–Kier alpha value is -9.15. The zero-order valence-electron chi connectivity index (χ0n) is 44.2. The van der Waals surface area contributed by atoms with E-state index in [1.807, 2.05) is 0 Å². The Kier molecular flexibility index (Phi) is 15.9. The van der Waals surface area contributed by atoms with Crippen LogP contribution in [0.3, 0.4) is 0 Å². The number of nitrogens with zero attached hydrogens (tertiary/aromatic N) is 5. The summed E-state index contributed by atoms with van der Waals surface area (Å²) in [4.78, 5) is 137. The maximum atomic E-state index is 14.6. The predicted octanol–water partition coefficient (Wildman–Crippen LogP) is 3.95. The molecule has 27 nitrogen and oxygen atoms in total. The van der Waals surface area contributed by atoms with Crippen molar-refractivity contribution in [2.75, 3.05) is 13.7 Å². The van der Waals surface area contributed by atoms with Crippen LogP contribution in [-0.2, 0) is 46.5 Å². The average molecular weight is 1250 g/mol. The highest BCUT2D eigenvalue weighted by Gasteiger charge is 2.42. The molecule has 85 heavy (non-hydrogen) atoms. The molecule has 0 saturated heterocycles. The molecule has 0 spiro atoms. The summed E-state index contributed by atoms with van der Waals surface area (Å²) in [6.07, 6.45) is -5.39. The van der Waals surface area contributed by atoms with Crippen molar-refractivity contribution in [3.63, 3.8) is 0 Å². The number of carbonyl (C=O) groups excluding carboxylic acids is 8. The molecule has 12 bridgehead atoms. The highest BCUT2D eigenvalue weighted by atomic mass is 32.1. The highest BCUT2D eigenvalue weighted by molar-refractivity contribution is 7.14. The number of benzene rings is 2. The molecule has 9 heterocycles. The average Bonchev–Trinajstić information content (AvgIpc) is 3.41. The van der Waals surface area contributed by atoms with Crippen LogP contribution in [-0.4, -0.2) is 131 Å². The number of thiazole rings is 5. The van der Waals surface area contributed by atoms with Gasteiger partial charge in [-0.3, -0.25) is 28.8 Å². The van der Waals surface area contributed by atoms with Crippen LogP contribution in [0.25, 0.3) is 49.0 Å². The number of esters is 2. The first-order chi connectivity index (χ1) is 40.7. The summed E-state index contributed by atoms with van der Waals surface area (Å²) in [7, 11) is 1.31. The Morgan fingerprint density at radius 3 is 2.21 bits per heavy atom. The van der Waals surface area contributed by atoms with E-state index in [2.05, 4.69) is 58.1 Å². The molecule has 32 heteroatoms. The first kappa shape index (κ1) is 57.7. The Labute approximate surface area is 498 Å². The lowest BCUT2D eigenvalue weighted by atomic mass is 10.0. The van der Waals surface area contributed by atoms with Crippen LogP contribution in [0.1, 0.15) is 105 Å². The molecule has 3 aliphatic rings. The van der Waals surface area contributed by atoms with E-state index >= 15 is 0 Å². The van der Waals surface area contributed by atoms with E-state index in [0.29, 0.717) is 16.5 Å². The molecule has 2 aromatic carbocycles. The number of aromatic amines is 1. The Bertz CT molecular complexity index is 4140. The number of allylic oxidation sites excluding steroid dienone is 1. The summed E-state index contributed by atoms with van der Waals surface area (Å²) >= 11 is 4.71. The molecule has 6 amide bonds. The van der Waals surface area contributed by atoms with Gasteiger partial charge in [0, 0.05) is 54.5 Å². The van der Waals surface area contributed by atoms with Crippen molar-refractivity contribution in [3.05, 3.63) is 130 Å². The smallest absolute Gasteiger partial charge is 0.355 e. The molecule has 11 rings (SSSR count). The minimum absolute atomic E-state index is 0.0150. The second-order valence-corrected chi connectivity index (χ2v) is 23.4. The maximum absolute atomic E-state index is 14.6. The van der Waals surface area contributed by atoms with Gasteiger partial charge < -0.3 is 71.6 Å². The number of fused-ring (bicyclic) bond motifs is 15. The van der Waals surface area contributed by atoms with Gasteiger partial charge in [0.2, 0.25) is 5.91 Å². The van der Waals surface area contributed by atoms with Gasteiger partial charge in [0.05, 0.1) is 36.8 Å². The number of rotatable bonds is 6. The number of phenolic OH excluding ortho intramolecular Hbond substituents is 1. The van der Waals surface area contributed by atoms with Gasteiger partial charge in [-0.25, -0.2) is 34.5 Å². The van der Waals surface area contributed by atoms with Gasteiger partial charge in [-0.05, 0) is 37.6 Å². The van der Waals surface area contributed by atoms with E-state index in [1.54, 1.807) is 23.6 Å². The van der Waals surface area contributed by atoms with E-state index in [1.165, 1.54) is 54.6 Å². The number of primary amides is 1. The van der Waals surface area contributed by atoms with Crippen molar-refractivity contribution >= 4 is 121 Å². The molecule has 6 aromatic heterocycles. The lowest BCUT2D eigenvalue weighted by Crippen LogP contribution is -2.52. The molecule has 3 aliphatic heterocycles. The van der Waals surface area contributed by atoms with Crippen LogP contribution >= 0.6 is 56.7 Å². The minimum Gasteiger partial charge on any atom is -0.507 e. The van der Waals surface area contributed by atoms with Crippen molar-refractivity contribution in [2.24, 2.45) is 5.73 Å². The number of H-pyrrole nitrogens is 1. The summed E-state index contributed by atoms with van der Waals surface area (Å²) in [5, 5.41) is 55.6. The number of aromatic nitrogens is 6. The predicted molar refractivity (Wildman–Crippen MR) is 306 cm³/mol. The van der Waals surface area contributed by atoms with Crippen LogP contribution < -0.4 is 32.3 Å². The van der Waals surface area contributed by atoms with Gasteiger partial charge in [-0.1, -0.05) is 18.7 Å². The zero-order chi connectivity index (χ0) is 60.1. The molecule has 0 fully saturated rings. The lowest BCUT2D eigenvalue weighted by Gasteiger charge is -2.30. The molecular weight excluding hydrogens is 1200 g/mol. The fourth-order valence-corrected chi connectivity index (χ4v) is 13.4. The Morgan fingerprint density at radius 1 is 0.800 bits per heavy atom. The third kappa shape index (κ3) is 11.4. The molecular formula is C53H44N12O15S5. The van der Waals surface area contributed by atoms with Gasteiger partial charge in [-0.15, -0.1) is 56.7 Å². The van der Waals surface area contributed by atoms with Crippen LogP contribution in [0, 0.1) is 0 Å². The number of carbonyl (C=O) groups is 8. The number of hydrogen-bond acceptors (Lipinski definition) is 25. The molecule has 436 valence electrons. The number of methoxy groups -OCH3 is 1. The quantitative estimate of drug-likeness (QED) is 0.0640.